The van der Waals surface area contributed by atoms with Gasteiger partial charge in [0.15, 0.2) is 0 Å². The SMILES string of the molecule is CC(C)CC=NNC(=O)c1ccccc1O. The van der Waals surface area contributed by atoms with Gasteiger partial charge in [-0.1, -0.05) is 26.0 Å². The van der Waals surface area contributed by atoms with Crippen molar-refractivity contribution in [3.63, 3.8) is 0 Å². The Morgan fingerprint density at radius 1 is 1.50 bits per heavy atom. The third-order valence-electron chi connectivity index (χ3n) is 1.98. The lowest BCUT2D eigenvalue weighted by Gasteiger charge is -2.02. The van der Waals surface area contributed by atoms with Crippen LogP contribution < -0.4 is 5.43 Å². The molecule has 1 aromatic carbocycles. The summed E-state index contributed by atoms with van der Waals surface area (Å²) in [6.07, 6.45) is 2.46. The number of aromatic hydroxyl groups is 1. The van der Waals surface area contributed by atoms with E-state index in [2.05, 4.69) is 24.4 Å². The number of nitrogens with one attached hydrogen (secondary N) is 1. The molecule has 4 heteroatoms. The summed E-state index contributed by atoms with van der Waals surface area (Å²) in [5.74, 6) is 0.0583. The van der Waals surface area contributed by atoms with Crippen LogP contribution in [0.5, 0.6) is 5.75 Å². The van der Waals surface area contributed by atoms with Crippen LogP contribution in [-0.4, -0.2) is 17.2 Å². The number of benzene rings is 1. The molecular formula is C12H16N2O2. The van der Waals surface area contributed by atoms with E-state index in [9.17, 15) is 9.90 Å². The molecule has 4 nitrogen and oxygen atoms in total. The minimum Gasteiger partial charge on any atom is -0.507 e. The number of hydrogen-bond acceptors (Lipinski definition) is 3. The predicted octanol–water partition coefficient (Wildman–Crippen LogP) is 2.15. The highest BCUT2D eigenvalue weighted by molar-refractivity contribution is 5.96. The van der Waals surface area contributed by atoms with Gasteiger partial charge < -0.3 is 5.11 Å². The van der Waals surface area contributed by atoms with Crippen LogP contribution in [0.25, 0.3) is 0 Å². The van der Waals surface area contributed by atoms with Crippen molar-refractivity contribution in [3.8, 4) is 5.75 Å². The fraction of sp³-hybridized carbons (Fsp3) is 0.333. The molecule has 0 aliphatic heterocycles. The first-order chi connectivity index (χ1) is 7.61. The molecule has 0 saturated carbocycles. The fourth-order valence-electron chi connectivity index (χ4n) is 1.09. The topological polar surface area (TPSA) is 61.7 Å². The molecule has 0 aromatic heterocycles. The van der Waals surface area contributed by atoms with Crippen LogP contribution in [0, 0.1) is 5.92 Å². The van der Waals surface area contributed by atoms with Crippen LogP contribution in [0.4, 0.5) is 0 Å². The molecule has 86 valence electrons. The van der Waals surface area contributed by atoms with Crippen molar-refractivity contribution >= 4 is 12.1 Å². The normalized spacial score (nSPS) is 10.9. The van der Waals surface area contributed by atoms with Gasteiger partial charge in [0.25, 0.3) is 5.91 Å². The van der Waals surface area contributed by atoms with E-state index in [1.165, 1.54) is 6.07 Å². The molecule has 0 unspecified atom stereocenters. The number of para-hydroxylation sites is 1. The third-order valence-corrected chi connectivity index (χ3v) is 1.98. The van der Waals surface area contributed by atoms with Gasteiger partial charge in [0.1, 0.15) is 5.75 Å². The molecule has 1 amide bonds. The van der Waals surface area contributed by atoms with E-state index in [0.29, 0.717) is 5.92 Å². The van der Waals surface area contributed by atoms with Crippen LogP contribution in [-0.2, 0) is 0 Å². The quantitative estimate of drug-likeness (QED) is 0.603. The third kappa shape index (κ3) is 3.73. The second-order valence-corrected chi connectivity index (χ2v) is 3.90. The second-order valence-electron chi connectivity index (χ2n) is 3.90. The summed E-state index contributed by atoms with van der Waals surface area (Å²) in [5, 5.41) is 13.2. The number of hydrazone groups is 1. The molecule has 0 atom stereocenters. The van der Waals surface area contributed by atoms with E-state index >= 15 is 0 Å². The number of nitrogens with zero attached hydrogens (tertiary/aromatic N) is 1. The Balaban J connectivity index is 2.54. The second kappa shape index (κ2) is 5.90. The molecule has 0 aliphatic carbocycles. The zero-order valence-electron chi connectivity index (χ0n) is 9.47. The molecule has 0 bridgehead atoms. The van der Waals surface area contributed by atoms with Crippen LogP contribution in [0.2, 0.25) is 0 Å². The van der Waals surface area contributed by atoms with E-state index in [1.807, 2.05) is 0 Å². The summed E-state index contributed by atoms with van der Waals surface area (Å²) in [6, 6.07) is 6.36. The number of phenols is 1. The molecule has 0 radical (unpaired) electrons. The Morgan fingerprint density at radius 2 is 2.19 bits per heavy atom. The van der Waals surface area contributed by atoms with Gasteiger partial charge in [-0.05, 0) is 24.5 Å². The van der Waals surface area contributed by atoms with Crippen molar-refractivity contribution in [2.45, 2.75) is 20.3 Å². The summed E-state index contributed by atoms with van der Waals surface area (Å²) in [7, 11) is 0. The highest BCUT2D eigenvalue weighted by atomic mass is 16.3. The molecule has 0 aliphatic rings. The first kappa shape index (κ1) is 12.2. The lowest BCUT2D eigenvalue weighted by molar-refractivity contribution is 0.0952. The maximum Gasteiger partial charge on any atom is 0.275 e. The monoisotopic (exact) mass is 220 g/mol. The van der Waals surface area contributed by atoms with Crippen molar-refractivity contribution in [3.05, 3.63) is 29.8 Å². The van der Waals surface area contributed by atoms with Crippen LogP contribution in [0.1, 0.15) is 30.6 Å². The number of amides is 1. The van der Waals surface area contributed by atoms with E-state index in [0.717, 1.165) is 6.42 Å². The Morgan fingerprint density at radius 3 is 2.81 bits per heavy atom. The van der Waals surface area contributed by atoms with Crippen LogP contribution in [0.3, 0.4) is 0 Å². The zero-order chi connectivity index (χ0) is 12.0. The first-order valence-electron chi connectivity index (χ1n) is 5.21. The Hall–Kier alpha value is -1.84. The van der Waals surface area contributed by atoms with Crippen LogP contribution >= 0.6 is 0 Å². The minimum absolute atomic E-state index is 0.0425. The molecule has 2 N–H and O–H groups in total. The Bertz CT molecular complexity index is 386. The van der Waals surface area contributed by atoms with Crippen LogP contribution in [0.15, 0.2) is 29.4 Å². The van der Waals surface area contributed by atoms with Gasteiger partial charge in [0, 0.05) is 6.21 Å². The number of rotatable bonds is 4. The average molecular weight is 220 g/mol. The van der Waals surface area contributed by atoms with E-state index < -0.39 is 5.91 Å². The summed E-state index contributed by atoms with van der Waals surface area (Å²) in [4.78, 5) is 11.5. The number of hydrogen-bond donors (Lipinski definition) is 2. The molecule has 16 heavy (non-hydrogen) atoms. The Labute approximate surface area is 95.0 Å². The number of carbonyl (C=O) groups excluding carboxylic acids is 1. The summed E-state index contributed by atoms with van der Waals surface area (Å²) < 4.78 is 0. The smallest absolute Gasteiger partial charge is 0.275 e. The predicted molar refractivity (Wildman–Crippen MR) is 63.5 cm³/mol. The lowest BCUT2D eigenvalue weighted by Crippen LogP contribution is -2.17. The molecule has 0 fully saturated rings. The van der Waals surface area contributed by atoms with Gasteiger partial charge in [-0.3, -0.25) is 4.79 Å². The van der Waals surface area contributed by atoms with Crippen molar-refractivity contribution in [2.75, 3.05) is 0 Å². The molecule has 1 rings (SSSR count). The van der Waals surface area contributed by atoms with Crippen molar-refractivity contribution < 1.29 is 9.90 Å². The molecule has 0 saturated heterocycles. The highest BCUT2D eigenvalue weighted by Gasteiger charge is 2.08. The molecule has 0 spiro atoms. The maximum atomic E-state index is 11.5. The summed E-state index contributed by atoms with van der Waals surface area (Å²) >= 11 is 0. The van der Waals surface area contributed by atoms with Gasteiger partial charge in [-0.2, -0.15) is 5.10 Å². The number of carbonyl (C=O) groups is 1. The van der Waals surface area contributed by atoms with Gasteiger partial charge in [0.2, 0.25) is 0 Å². The van der Waals surface area contributed by atoms with Gasteiger partial charge >= 0.3 is 0 Å². The number of phenolic OH excluding ortho intramolecular Hbond substituents is 1. The summed E-state index contributed by atoms with van der Waals surface area (Å²) in [5.41, 5.74) is 2.59. The summed E-state index contributed by atoms with van der Waals surface area (Å²) in [6.45, 7) is 4.13. The van der Waals surface area contributed by atoms with E-state index in [4.69, 9.17) is 0 Å². The first-order valence-corrected chi connectivity index (χ1v) is 5.21. The van der Waals surface area contributed by atoms with Crippen molar-refractivity contribution in [1.82, 2.24) is 5.43 Å². The average Bonchev–Trinajstić information content (AvgIpc) is 2.24. The van der Waals surface area contributed by atoms with Crippen molar-refractivity contribution in [1.29, 1.82) is 0 Å². The lowest BCUT2D eigenvalue weighted by atomic mass is 10.2. The minimum atomic E-state index is -0.405. The molecule has 1 aromatic rings. The standard InChI is InChI=1S/C12H16N2O2/c1-9(2)7-8-13-14-12(16)10-5-3-4-6-11(10)15/h3-6,8-9,15H,7H2,1-2H3,(H,14,16). The largest absolute Gasteiger partial charge is 0.507 e. The molecule has 0 heterocycles. The Kier molecular flexibility index (Phi) is 4.51. The van der Waals surface area contributed by atoms with E-state index in [-0.39, 0.29) is 11.3 Å². The fourth-order valence-corrected chi connectivity index (χ4v) is 1.09. The van der Waals surface area contributed by atoms with Crippen molar-refractivity contribution in [2.24, 2.45) is 11.0 Å². The zero-order valence-corrected chi connectivity index (χ0v) is 9.47. The highest BCUT2D eigenvalue weighted by Crippen LogP contribution is 2.14. The van der Waals surface area contributed by atoms with Gasteiger partial charge in [-0.25, -0.2) is 5.43 Å². The maximum absolute atomic E-state index is 11.5. The van der Waals surface area contributed by atoms with Gasteiger partial charge in [-0.15, -0.1) is 0 Å². The van der Waals surface area contributed by atoms with Gasteiger partial charge in [0.05, 0.1) is 5.56 Å². The molecular weight excluding hydrogens is 204 g/mol. The van der Waals surface area contributed by atoms with E-state index in [1.54, 1.807) is 24.4 Å².